The average Bonchev–Trinajstić information content (AvgIpc) is 3.29. The molecule has 0 spiro atoms. The fourth-order valence-electron chi connectivity index (χ4n) is 3.11. The zero-order chi connectivity index (χ0) is 16.0. The monoisotopic (exact) mass is 327 g/mol. The van der Waals surface area contributed by atoms with Crippen LogP contribution in [0.1, 0.15) is 36.9 Å². The molecule has 2 aromatic rings. The third kappa shape index (κ3) is 2.16. The van der Waals surface area contributed by atoms with E-state index in [0.29, 0.717) is 30.0 Å². The molecule has 1 unspecified atom stereocenters. The quantitative estimate of drug-likeness (QED) is 0.787. The van der Waals surface area contributed by atoms with Crippen LogP contribution in [-0.4, -0.2) is 51.6 Å². The van der Waals surface area contributed by atoms with E-state index in [-0.39, 0.29) is 29.5 Å². The normalized spacial score (nSPS) is 20.3. The zero-order valence-corrected chi connectivity index (χ0v) is 13.0. The van der Waals surface area contributed by atoms with Crippen LogP contribution >= 0.6 is 11.3 Å². The van der Waals surface area contributed by atoms with Crippen LogP contribution in [0.25, 0.3) is 0 Å². The van der Waals surface area contributed by atoms with Gasteiger partial charge in [0.1, 0.15) is 5.69 Å². The van der Waals surface area contributed by atoms with Gasteiger partial charge in [-0.1, -0.05) is 6.07 Å². The van der Waals surface area contributed by atoms with Gasteiger partial charge >= 0.3 is 0 Å². The van der Waals surface area contributed by atoms with Crippen molar-refractivity contribution in [3.63, 3.8) is 0 Å². The summed E-state index contributed by atoms with van der Waals surface area (Å²) in [5.41, 5.74) is 0.557. The molecule has 3 amide bonds. The molecule has 0 bridgehead atoms. The van der Waals surface area contributed by atoms with E-state index in [1.807, 2.05) is 11.4 Å². The number of imide groups is 1. The van der Waals surface area contributed by atoms with E-state index in [0.717, 1.165) is 0 Å². The van der Waals surface area contributed by atoms with Gasteiger partial charge in [-0.3, -0.25) is 24.3 Å². The second-order valence-electron chi connectivity index (χ2n) is 5.55. The molecule has 1 saturated heterocycles. The smallest absolute Gasteiger partial charge is 0.280 e. The number of nitrogens with zero attached hydrogens (tertiary/aromatic N) is 3. The van der Waals surface area contributed by atoms with Crippen molar-refractivity contribution in [1.29, 1.82) is 0 Å². The minimum Gasteiger partial charge on any atom is -0.336 e. The fraction of sp³-hybridized carbons (Fsp3) is 0.250. The largest absolute Gasteiger partial charge is 0.336 e. The number of pyridine rings is 1. The number of thiophene rings is 1. The van der Waals surface area contributed by atoms with Crippen molar-refractivity contribution in [1.82, 2.24) is 14.8 Å². The van der Waals surface area contributed by atoms with Crippen LogP contribution in [0, 0.1) is 0 Å². The van der Waals surface area contributed by atoms with Crippen LogP contribution in [0.3, 0.4) is 0 Å². The summed E-state index contributed by atoms with van der Waals surface area (Å²) in [6.45, 7) is 0.921. The van der Waals surface area contributed by atoms with Crippen LogP contribution < -0.4 is 0 Å². The molecule has 0 aliphatic carbocycles. The lowest BCUT2D eigenvalue weighted by Gasteiger charge is -2.22. The summed E-state index contributed by atoms with van der Waals surface area (Å²) in [6, 6.07) is 6.60. The van der Waals surface area contributed by atoms with Gasteiger partial charge in [0, 0.05) is 19.3 Å². The van der Waals surface area contributed by atoms with Gasteiger partial charge in [0.15, 0.2) is 0 Å². The van der Waals surface area contributed by atoms with Gasteiger partial charge in [-0.25, -0.2) is 0 Å². The average molecular weight is 327 g/mol. The lowest BCUT2D eigenvalue weighted by molar-refractivity contribution is 0.0573. The predicted octanol–water partition coefficient (Wildman–Crippen LogP) is 1.65. The highest BCUT2D eigenvalue weighted by atomic mass is 32.1. The standard InChI is InChI=1S/C16H13N3O3S/c20-14-11-3-1-6-17-13(11)16(22)19(14)10-5-7-18(9-10)15(21)12-4-2-8-23-12/h1-4,6,8,10H,5,7,9H2. The Hall–Kier alpha value is -2.54. The summed E-state index contributed by atoms with van der Waals surface area (Å²) in [6.07, 6.45) is 2.11. The number of likely N-dealkylation sites (tertiary alicyclic amines) is 1. The summed E-state index contributed by atoms with van der Waals surface area (Å²) in [5.74, 6) is -0.716. The Labute approximate surface area is 136 Å². The maximum Gasteiger partial charge on any atom is 0.280 e. The van der Waals surface area contributed by atoms with E-state index >= 15 is 0 Å². The second kappa shape index (κ2) is 5.27. The number of carbonyl (C=O) groups excluding carboxylic acids is 3. The van der Waals surface area contributed by atoms with Crippen molar-refractivity contribution in [3.05, 3.63) is 52.0 Å². The second-order valence-corrected chi connectivity index (χ2v) is 6.50. The van der Waals surface area contributed by atoms with Crippen molar-refractivity contribution >= 4 is 29.1 Å². The lowest BCUT2D eigenvalue weighted by Crippen LogP contribution is -2.42. The number of carbonyl (C=O) groups is 3. The van der Waals surface area contributed by atoms with Crippen LogP contribution in [0.15, 0.2) is 35.8 Å². The molecule has 2 aromatic heterocycles. The molecule has 2 aliphatic heterocycles. The van der Waals surface area contributed by atoms with Crippen LogP contribution in [0.4, 0.5) is 0 Å². The number of hydrogen-bond acceptors (Lipinski definition) is 5. The van der Waals surface area contributed by atoms with E-state index in [2.05, 4.69) is 4.98 Å². The predicted molar refractivity (Wildman–Crippen MR) is 83.4 cm³/mol. The third-order valence-corrected chi connectivity index (χ3v) is 5.08. The number of rotatable bonds is 2. The molecule has 1 fully saturated rings. The fourth-order valence-corrected chi connectivity index (χ4v) is 3.80. The highest BCUT2D eigenvalue weighted by Crippen LogP contribution is 2.27. The highest BCUT2D eigenvalue weighted by molar-refractivity contribution is 7.12. The molecule has 0 N–H and O–H groups in total. The van der Waals surface area contributed by atoms with Crippen molar-refractivity contribution in [3.8, 4) is 0 Å². The first-order valence-electron chi connectivity index (χ1n) is 7.32. The first-order chi connectivity index (χ1) is 11.2. The minimum absolute atomic E-state index is 0.0442. The van der Waals surface area contributed by atoms with E-state index in [4.69, 9.17) is 0 Å². The molecule has 1 atom stereocenters. The first kappa shape index (κ1) is 14.1. The molecule has 2 aliphatic rings. The van der Waals surface area contributed by atoms with Crippen LogP contribution in [0.2, 0.25) is 0 Å². The third-order valence-electron chi connectivity index (χ3n) is 4.23. The van der Waals surface area contributed by atoms with Crippen molar-refractivity contribution in [2.75, 3.05) is 13.1 Å². The van der Waals surface area contributed by atoms with Crippen molar-refractivity contribution < 1.29 is 14.4 Å². The van der Waals surface area contributed by atoms with Gasteiger partial charge in [0.2, 0.25) is 0 Å². The van der Waals surface area contributed by atoms with Gasteiger partial charge < -0.3 is 4.90 Å². The lowest BCUT2D eigenvalue weighted by atomic mass is 10.2. The molecule has 0 aromatic carbocycles. The first-order valence-corrected chi connectivity index (χ1v) is 8.20. The Kier molecular flexibility index (Phi) is 3.23. The van der Waals surface area contributed by atoms with E-state index in [9.17, 15) is 14.4 Å². The summed E-state index contributed by atoms with van der Waals surface area (Å²) in [5, 5.41) is 1.86. The SMILES string of the molecule is O=C(c1cccs1)N1CCC(N2C(=O)c3cccnc3C2=O)C1. The molecule has 116 valence electrons. The molecule has 0 saturated carbocycles. The van der Waals surface area contributed by atoms with Crippen molar-refractivity contribution in [2.24, 2.45) is 0 Å². The summed E-state index contributed by atoms with van der Waals surface area (Å²) in [7, 11) is 0. The molecule has 4 rings (SSSR count). The van der Waals surface area contributed by atoms with Gasteiger partial charge in [0.05, 0.1) is 16.5 Å². The highest BCUT2D eigenvalue weighted by Gasteiger charge is 2.43. The Bertz CT molecular complexity index is 768. The molecule has 7 heteroatoms. The minimum atomic E-state index is -0.360. The molecule has 6 nitrogen and oxygen atoms in total. The maximum absolute atomic E-state index is 12.5. The van der Waals surface area contributed by atoms with Crippen LogP contribution in [0.5, 0.6) is 0 Å². The number of amides is 3. The Morgan fingerprint density at radius 3 is 2.83 bits per heavy atom. The molecular weight excluding hydrogens is 314 g/mol. The molecular formula is C16H13N3O3S. The number of aromatic nitrogens is 1. The Morgan fingerprint density at radius 1 is 1.22 bits per heavy atom. The summed E-state index contributed by atoms with van der Waals surface area (Å²) >= 11 is 1.39. The van der Waals surface area contributed by atoms with Gasteiger partial charge in [-0.15, -0.1) is 11.3 Å². The van der Waals surface area contributed by atoms with Gasteiger partial charge in [-0.2, -0.15) is 0 Å². The molecule has 23 heavy (non-hydrogen) atoms. The number of hydrogen-bond donors (Lipinski definition) is 0. The maximum atomic E-state index is 12.5. The van der Waals surface area contributed by atoms with Gasteiger partial charge in [0.25, 0.3) is 17.7 Å². The topological polar surface area (TPSA) is 70.6 Å². The molecule has 0 radical (unpaired) electrons. The van der Waals surface area contributed by atoms with Gasteiger partial charge in [-0.05, 0) is 30.0 Å². The van der Waals surface area contributed by atoms with E-state index in [1.54, 1.807) is 23.1 Å². The van der Waals surface area contributed by atoms with Crippen LogP contribution in [-0.2, 0) is 0 Å². The molecule has 4 heterocycles. The zero-order valence-electron chi connectivity index (χ0n) is 12.1. The van der Waals surface area contributed by atoms with Crippen molar-refractivity contribution in [2.45, 2.75) is 12.5 Å². The van der Waals surface area contributed by atoms with E-state index < -0.39 is 0 Å². The summed E-state index contributed by atoms with van der Waals surface area (Å²) < 4.78 is 0. The Morgan fingerprint density at radius 2 is 2.09 bits per heavy atom. The van der Waals surface area contributed by atoms with E-state index in [1.165, 1.54) is 22.4 Å². The Balaban J connectivity index is 1.54. The number of fused-ring (bicyclic) bond motifs is 1. The summed E-state index contributed by atoms with van der Waals surface area (Å²) in [4.78, 5) is 44.9.